The minimum Gasteiger partial charge on any atom is -0.324 e. The van der Waals surface area contributed by atoms with Crippen molar-refractivity contribution in [2.45, 2.75) is 43.5 Å². The number of piperidine rings is 1. The smallest absolute Gasteiger partial charge is 0.248 e. The second-order valence-corrected chi connectivity index (χ2v) is 12.2. The molecule has 1 saturated heterocycles. The van der Waals surface area contributed by atoms with Gasteiger partial charge in [-0.25, -0.2) is 16.8 Å². The Morgan fingerprint density at radius 2 is 1.70 bits per heavy atom. The number of carbonyl (C=O) groups is 1. The molecule has 0 radical (unpaired) electrons. The number of nitrogens with zero attached hydrogens (tertiary/aromatic N) is 2. The first-order chi connectivity index (χ1) is 15.5. The van der Waals surface area contributed by atoms with Gasteiger partial charge in [-0.2, -0.15) is 4.31 Å². The Labute approximate surface area is 200 Å². The molecule has 1 aliphatic rings. The monoisotopic (exact) mass is 513 g/mol. The summed E-state index contributed by atoms with van der Waals surface area (Å²) in [6, 6.07) is 11.2. The van der Waals surface area contributed by atoms with Crippen LogP contribution in [0, 0.1) is 0 Å². The van der Waals surface area contributed by atoms with Crippen LogP contribution in [0.25, 0.3) is 0 Å². The van der Waals surface area contributed by atoms with Crippen LogP contribution in [0.15, 0.2) is 53.4 Å². The Hall–Kier alpha value is -2.14. The van der Waals surface area contributed by atoms with E-state index in [0.29, 0.717) is 23.8 Å². The molecule has 0 spiro atoms. The van der Waals surface area contributed by atoms with Gasteiger partial charge in [0, 0.05) is 23.8 Å². The van der Waals surface area contributed by atoms with Crippen LogP contribution < -0.4 is 9.62 Å². The normalized spacial score (nSPS) is 16.2. The lowest BCUT2D eigenvalue weighted by Crippen LogP contribution is -2.47. The summed E-state index contributed by atoms with van der Waals surface area (Å²) in [4.78, 5) is 13.2. The van der Waals surface area contributed by atoms with E-state index in [0.717, 1.165) is 29.8 Å². The molecule has 0 aromatic heterocycles. The third-order valence-electron chi connectivity index (χ3n) is 5.47. The minimum atomic E-state index is -3.79. The summed E-state index contributed by atoms with van der Waals surface area (Å²) in [6.45, 7) is 2.72. The SMILES string of the molecule is CCC(C(=O)Nc1ccc(S(=O)(=O)N2CCCCC2)cc1)N(c1cccc(Cl)c1)S(C)(=O)=O. The van der Waals surface area contributed by atoms with Crippen LogP contribution in [-0.4, -0.2) is 52.4 Å². The molecular formula is C22H28ClN3O5S2. The number of sulfonamides is 2. The molecule has 33 heavy (non-hydrogen) atoms. The van der Waals surface area contributed by atoms with Crippen LogP contribution in [-0.2, 0) is 24.8 Å². The highest BCUT2D eigenvalue weighted by Gasteiger charge is 2.32. The van der Waals surface area contributed by atoms with Gasteiger partial charge in [0.2, 0.25) is 26.0 Å². The lowest BCUT2D eigenvalue weighted by atomic mass is 10.2. The van der Waals surface area contributed by atoms with Crippen LogP contribution in [0.1, 0.15) is 32.6 Å². The fourth-order valence-corrected chi connectivity index (χ4v) is 6.77. The number of nitrogens with one attached hydrogen (secondary N) is 1. The van der Waals surface area contributed by atoms with Crippen LogP contribution in [0.5, 0.6) is 0 Å². The Kier molecular flexibility index (Phi) is 8.04. The van der Waals surface area contributed by atoms with Gasteiger partial charge in [0.1, 0.15) is 6.04 Å². The Bertz CT molecular complexity index is 1190. The third-order valence-corrected chi connectivity index (χ3v) is 8.79. The first-order valence-corrected chi connectivity index (χ1v) is 14.4. The van der Waals surface area contributed by atoms with Gasteiger partial charge in [0.25, 0.3) is 0 Å². The van der Waals surface area contributed by atoms with Crippen molar-refractivity contribution in [1.29, 1.82) is 0 Å². The quantitative estimate of drug-likeness (QED) is 0.579. The van der Waals surface area contributed by atoms with E-state index < -0.39 is 32.0 Å². The second kappa shape index (κ2) is 10.4. The molecule has 8 nitrogen and oxygen atoms in total. The average Bonchev–Trinajstić information content (AvgIpc) is 2.77. The molecule has 1 unspecified atom stereocenters. The number of halogens is 1. The zero-order valence-electron chi connectivity index (χ0n) is 18.6. The van der Waals surface area contributed by atoms with Crippen molar-refractivity contribution in [1.82, 2.24) is 4.31 Å². The van der Waals surface area contributed by atoms with Gasteiger partial charge in [-0.1, -0.05) is 31.0 Å². The standard InChI is InChI=1S/C22H28ClN3O5S2/c1-3-21(26(32(2,28)29)19-9-7-8-17(23)16-19)22(27)24-18-10-12-20(13-11-18)33(30,31)25-14-5-4-6-15-25/h7-13,16,21H,3-6,14-15H2,1-2H3,(H,24,27). The van der Waals surface area contributed by atoms with Crippen LogP contribution in [0.3, 0.4) is 0 Å². The van der Waals surface area contributed by atoms with Crippen molar-refractivity contribution in [3.05, 3.63) is 53.6 Å². The second-order valence-electron chi connectivity index (χ2n) is 7.94. The summed E-state index contributed by atoms with van der Waals surface area (Å²) >= 11 is 6.03. The Balaban J connectivity index is 1.81. The van der Waals surface area contributed by atoms with Gasteiger partial charge in [-0.15, -0.1) is 0 Å². The molecule has 1 fully saturated rings. The van der Waals surface area contributed by atoms with E-state index in [1.807, 2.05) is 0 Å². The number of amides is 1. The molecular weight excluding hydrogens is 486 g/mol. The Morgan fingerprint density at radius 1 is 1.06 bits per heavy atom. The number of carbonyl (C=O) groups excluding carboxylic acids is 1. The third kappa shape index (κ3) is 6.06. The van der Waals surface area contributed by atoms with E-state index in [1.165, 1.54) is 34.6 Å². The van der Waals surface area contributed by atoms with Crippen LogP contribution in [0.2, 0.25) is 5.02 Å². The van der Waals surface area contributed by atoms with Crippen LogP contribution >= 0.6 is 11.6 Å². The molecule has 0 bridgehead atoms. The molecule has 2 aromatic carbocycles. The van der Waals surface area contributed by atoms with E-state index in [2.05, 4.69) is 5.32 Å². The van der Waals surface area contributed by atoms with E-state index in [4.69, 9.17) is 11.6 Å². The van der Waals surface area contributed by atoms with E-state index in [-0.39, 0.29) is 17.0 Å². The van der Waals surface area contributed by atoms with Gasteiger partial charge in [0.15, 0.2) is 0 Å². The first-order valence-electron chi connectivity index (χ1n) is 10.7. The topological polar surface area (TPSA) is 104 Å². The summed E-state index contributed by atoms with van der Waals surface area (Å²) in [5.74, 6) is -0.533. The fourth-order valence-electron chi connectivity index (χ4n) is 3.86. The maximum atomic E-state index is 13.0. The highest BCUT2D eigenvalue weighted by Crippen LogP contribution is 2.27. The largest absolute Gasteiger partial charge is 0.324 e. The molecule has 11 heteroatoms. The number of anilines is 2. The van der Waals surface area contributed by atoms with Crippen molar-refractivity contribution in [3.63, 3.8) is 0 Å². The summed E-state index contributed by atoms with van der Waals surface area (Å²) in [7, 11) is -7.37. The number of benzene rings is 2. The molecule has 1 aliphatic heterocycles. The minimum absolute atomic E-state index is 0.158. The maximum Gasteiger partial charge on any atom is 0.248 e. The van der Waals surface area contributed by atoms with Gasteiger partial charge in [0.05, 0.1) is 16.8 Å². The molecule has 3 rings (SSSR count). The number of hydrogen-bond donors (Lipinski definition) is 1. The lowest BCUT2D eigenvalue weighted by molar-refractivity contribution is -0.117. The van der Waals surface area contributed by atoms with E-state index in [9.17, 15) is 21.6 Å². The molecule has 1 heterocycles. The summed E-state index contributed by atoms with van der Waals surface area (Å²) in [5.41, 5.74) is 0.658. The highest BCUT2D eigenvalue weighted by molar-refractivity contribution is 7.92. The molecule has 1 amide bonds. The molecule has 2 aromatic rings. The number of rotatable bonds is 8. The van der Waals surface area contributed by atoms with Crippen molar-refractivity contribution >= 4 is 48.9 Å². The predicted molar refractivity (Wildman–Crippen MR) is 131 cm³/mol. The van der Waals surface area contributed by atoms with Crippen molar-refractivity contribution < 1.29 is 21.6 Å². The summed E-state index contributed by atoms with van der Waals surface area (Å²) in [6.07, 6.45) is 3.96. The summed E-state index contributed by atoms with van der Waals surface area (Å²) in [5, 5.41) is 3.05. The van der Waals surface area contributed by atoms with Gasteiger partial charge >= 0.3 is 0 Å². The predicted octanol–water partition coefficient (Wildman–Crippen LogP) is 3.70. The van der Waals surface area contributed by atoms with Crippen LogP contribution in [0.4, 0.5) is 11.4 Å². The van der Waals surface area contributed by atoms with Crippen molar-refractivity contribution in [3.8, 4) is 0 Å². The zero-order chi connectivity index (χ0) is 24.2. The maximum absolute atomic E-state index is 13.0. The molecule has 180 valence electrons. The lowest BCUT2D eigenvalue weighted by Gasteiger charge is -2.30. The highest BCUT2D eigenvalue weighted by atomic mass is 35.5. The van der Waals surface area contributed by atoms with E-state index in [1.54, 1.807) is 25.1 Å². The van der Waals surface area contributed by atoms with Crippen molar-refractivity contribution in [2.24, 2.45) is 0 Å². The molecule has 0 saturated carbocycles. The zero-order valence-corrected chi connectivity index (χ0v) is 21.0. The van der Waals surface area contributed by atoms with E-state index >= 15 is 0 Å². The summed E-state index contributed by atoms with van der Waals surface area (Å²) < 4.78 is 53.2. The average molecular weight is 514 g/mol. The Morgan fingerprint density at radius 3 is 2.24 bits per heavy atom. The first kappa shape index (κ1) is 25.5. The molecule has 1 N–H and O–H groups in total. The van der Waals surface area contributed by atoms with Gasteiger partial charge in [-0.3, -0.25) is 9.10 Å². The molecule has 1 atom stereocenters. The van der Waals surface area contributed by atoms with Gasteiger partial charge in [-0.05, 0) is 61.7 Å². The van der Waals surface area contributed by atoms with Crippen molar-refractivity contribution in [2.75, 3.05) is 29.0 Å². The van der Waals surface area contributed by atoms with Gasteiger partial charge < -0.3 is 5.32 Å². The fraction of sp³-hybridized carbons (Fsp3) is 0.409. The molecule has 0 aliphatic carbocycles. The number of hydrogen-bond acceptors (Lipinski definition) is 5.